The Balaban J connectivity index is 4.82. The van der Waals surface area contributed by atoms with Crippen LogP contribution in [0.1, 0.15) is 53.4 Å². The van der Waals surface area contributed by atoms with Crippen molar-refractivity contribution >= 4 is 31.4 Å². The van der Waals surface area contributed by atoms with Gasteiger partial charge in [0.25, 0.3) is 0 Å². The van der Waals surface area contributed by atoms with Crippen LogP contribution in [0.4, 0.5) is 0 Å². The molecule has 2 radical (unpaired) electrons. The molecule has 0 aliphatic carbocycles. The fourth-order valence-electron chi connectivity index (χ4n) is 1.94. The van der Waals surface area contributed by atoms with E-state index in [0.717, 1.165) is 0 Å². The first-order chi connectivity index (χ1) is 10.5. The summed E-state index contributed by atoms with van der Waals surface area (Å²) in [5, 5.41) is 17.5. The van der Waals surface area contributed by atoms with Gasteiger partial charge in [0.15, 0.2) is 5.34 Å². The molecule has 0 aliphatic heterocycles. The van der Waals surface area contributed by atoms with Crippen molar-refractivity contribution in [1.82, 2.24) is 0 Å². The average molecular weight is 415 g/mol. The van der Waals surface area contributed by atoms with E-state index in [9.17, 15) is 14.6 Å². The van der Waals surface area contributed by atoms with Crippen LogP contribution >= 0.6 is 23.5 Å². The standard InChI is InChI=1S/C14H29BBrO6P/c1-5-13(4,8-9-21-12(15)11(16)10-17)22-23(19,20)14(18,6-2)7-3/h11-12,17-18H,5-10H2,1-4H3,(H,19,20)/t11-,12-,13?/m1/s1. The van der Waals surface area contributed by atoms with Gasteiger partial charge in [0.05, 0.1) is 17.0 Å². The Morgan fingerprint density at radius 2 is 1.78 bits per heavy atom. The summed E-state index contributed by atoms with van der Waals surface area (Å²) in [7, 11) is 1.50. The van der Waals surface area contributed by atoms with Crippen molar-refractivity contribution in [2.75, 3.05) is 13.2 Å². The lowest BCUT2D eigenvalue weighted by molar-refractivity contribution is -0.00906. The molecule has 3 N–H and O–H groups in total. The van der Waals surface area contributed by atoms with Crippen molar-refractivity contribution in [3.63, 3.8) is 0 Å². The van der Waals surface area contributed by atoms with Crippen molar-refractivity contribution < 1.29 is 28.9 Å². The summed E-state index contributed by atoms with van der Waals surface area (Å²) in [5.41, 5.74) is -0.927. The third kappa shape index (κ3) is 6.77. The Hall–Kier alpha value is 0.575. The van der Waals surface area contributed by atoms with Crippen LogP contribution in [0, 0.1) is 0 Å². The molecule has 0 saturated heterocycles. The smallest absolute Gasteiger partial charge is 0.359 e. The number of hydrogen-bond acceptors (Lipinski definition) is 5. The first kappa shape index (κ1) is 23.6. The molecule has 0 amide bonds. The highest BCUT2D eigenvalue weighted by atomic mass is 79.9. The maximum absolute atomic E-state index is 12.5. The van der Waals surface area contributed by atoms with E-state index in [1.807, 2.05) is 6.92 Å². The fraction of sp³-hybridized carbons (Fsp3) is 1.00. The lowest BCUT2D eigenvalue weighted by Crippen LogP contribution is -2.36. The number of aliphatic hydroxyl groups excluding tert-OH is 1. The van der Waals surface area contributed by atoms with Crippen molar-refractivity contribution in [3.05, 3.63) is 0 Å². The van der Waals surface area contributed by atoms with E-state index in [0.29, 0.717) is 12.8 Å². The quantitative estimate of drug-likeness (QED) is 0.258. The first-order valence-electron chi connectivity index (χ1n) is 7.89. The van der Waals surface area contributed by atoms with E-state index in [2.05, 4.69) is 15.9 Å². The summed E-state index contributed by atoms with van der Waals surface area (Å²) in [6.07, 6.45) is 1.05. The second-order valence-corrected chi connectivity index (χ2v) is 9.12. The minimum Gasteiger partial charge on any atom is -0.395 e. The number of alkyl halides is 1. The van der Waals surface area contributed by atoms with Gasteiger partial charge in [0.2, 0.25) is 0 Å². The van der Waals surface area contributed by atoms with E-state index < -0.39 is 24.5 Å². The zero-order valence-electron chi connectivity index (χ0n) is 14.4. The van der Waals surface area contributed by atoms with Gasteiger partial charge in [0.1, 0.15) is 7.85 Å². The Bertz CT molecular complexity index is 395. The molecule has 0 aromatic heterocycles. The Labute approximate surface area is 149 Å². The second kappa shape index (κ2) is 9.90. The molecular formula is C14H29BBrO6P. The largest absolute Gasteiger partial charge is 0.395 e. The maximum atomic E-state index is 12.5. The molecule has 0 spiro atoms. The minimum atomic E-state index is -4.22. The molecule has 0 fully saturated rings. The SMILES string of the molecule is [B][C@H](OCCC(C)(CC)OP(=O)(O)C(O)(CC)CC)[C@H](Br)CO. The van der Waals surface area contributed by atoms with Gasteiger partial charge in [-0.1, -0.05) is 36.7 Å². The topological polar surface area (TPSA) is 96.2 Å². The number of ether oxygens (including phenoxy) is 1. The second-order valence-electron chi connectivity index (χ2n) is 5.89. The van der Waals surface area contributed by atoms with Crippen molar-refractivity contribution in [2.45, 2.75) is 75.2 Å². The van der Waals surface area contributed by atoms with E-state index in [-0.39, 0.29) is 30.9 Å². The predicted octanol–water partition coefficient (Wildman–Crippen LogP) is 2.52. The molecule has 0 aromatic rings. The molecule has 9 heteroatoms. The summed E-state index contributed by atoms with van der Waals surface area (Å²) in [4.78, 5) is 9.83. The van der Waals surface area contributed by atoms with Gasteiger partial charge >= 0.3 is 7.60 Å². The minimum absolute atomic E-state index is 0.125. The predicted molar refractivity (Wildman–Crippen MR) is 95.0 cm³/mol. The highest BCUT2D eigenvalue weighted by molar-refractivity contribution is 9.09. The molecule has 0 bridgehead atoms. The van der Waals surface area contributed by atoms with E-state index in [1.54, 1.807) is 20.8 Å². The molecule has 0 rings (SSSR count). The molecule has 136 valence electrons. The summed E-state index contributed by atoms with van der Waals surface area (Å²) in [6.45, 7) is 6.86. The summed E-state index contributed by atoms with van der Waals surface area (Å²) in [5.74, 6) is 0. The zero-order valence-corrected chi connectivity index (χ0v) is 16.8. The lowest BCUT2D eigenvalue weighted by atomic mass is 9.96. The first-order valence-corrected chi connectivity index (χ1v) is 10.4. The average Bonchev–Trinajstić information content (AvgIpc) is 2.52. The van der Waals surface area contributed by atoms with Gasteiger partial charge in [0, 0.05) is 12.6 Å². The molecule has 2 unspecified atom stereocenters. The normalized spacial score (nSPS) is 20.5. The highest BCUT2D eigenvalue weighted by Gasteiger charge is 2.48. The van der Waals surface area contributed by atoms with Gasteiger partial charge in [-0.3, -0.25) is 4.57 Å². The molecule has 0 aliphatic rings. The number of halogens is 1. The molecule has 6 nitrogen and oxygen atoms in total. The van der Waals surface area contributed by atoms with E-state index >= 15 is 0 Å². The van der Waals surface area contributed by atoms with Crippen LogP contribution in [-0.2, 0) is 13.8 Å². The molecule has 4 atom stereocenters. The van der Waals surface area contributed by atoms with E-state index in [1.165, 1.54) is 0 Å². The molecule has 0 aromatic carbocycles. The molecular weight excluding hydrogens is 386 g/mol. The van der Waals surface area contributed by atoms with Gasteiger partial charge in [-0.2, -0.15) is 0 Å². The summed E-state index contributed by atoms with van der Waals surface area (Å²) < 4.78 is 23.4. The number of aliphatic hydroxyl groups is 2. The monoisotopic (exact) mass is 414 g/mol. The molecule has 0 heterocycles. The van der Waals surface area contributed by atoms with Gasteiger partial charge in [-0.15, -0.1) is 0 Å². The van der Waals surface area contributed by atoms with Crippen LogP contribution < -0.4 is 0 Å². The van der Waals surface area contributed by atoms with Crippen LogP contribution in [0.3, 0.4) is 0 Å². The highest BCUT2D eigenvalue weighted by Crippen LogP contribution is 2.60. The van der Waals surface area contributed by atoms with Crippen LogP contribution in [0.15, 0.2) is 0 Å². The Morgan fingerprint density at radius 1 is 1.26 bits per heavy atom. The van der Waals surface area contributed by atoms with Crippen molar-refractivity contribution in [2.24, 2.45) is 0 Å². The van der Waals surface area contributed by atoms with Gasteiger partial charge < -0.3 is 24.4 Å². The van der Waals surface area contributed by atoms with Gasteiger partial charge in [-0.25, -0.2) is 0 Å². The number of rotatable bonds is 12. The fourth-order valence-corrected chi connectivity index (χ4v) is 3.88. The van der Waals surface area contributed by atoms with Crippen molar-refractivity contribution in [1.29, 1.82) is 0 Å². The lowest BCUT2D eigenvalue weighted by Gasteiger charge is -2.37. The number of hydrogen-bond donors (Lipinski definition) is 3. The van der Waals surface area contributed by atoms with Crippen LogP contribution in [0.25, 0.3) is 0 Å². The van der Waals surface area contributed by atoms with Crippen molar-refractivity contribution in [3.8, 4) is 0 Å². The van der Waals surface area contributed by atoms with E-state index in [4.69, 9.17) is 22.2 Å². The Kier molecular flexibility index (Phi) is 10.2. The Morgan fingerprint density at radius 3 is 2.17 bits per heavy atom. The molecule has 0 saturated carbocycles. The molecule has 23 heavy (non-hydrogen) atoms. The third-order valence-electron chi connectivity index (χ3n) is 4.22. The summed E-state index contributed by atoms with van der Waals surface area (Å²) >= 11 is 3.18. The maximum Gasteiger partial charge on any atom is 0.359 e. The third-order valence-corrected chi connectivity index (χ3v) is 7.41. The zero-order chi connectivity index (χ0) is 18.3. The van der Waals surface area contributed by atoms with Crippen LogP contribution in [0.5, 0.6) is 0 Å². The van der Waals surface area contributed by atoms with Gasteiger partial charge in [-0.05, 0) is 32.6 Å². The summed E-state index contributed by atoms with van der Waals surface area (Å²) in [6, 6.07) is -0.690. The van der Waals surface area contributed by atoms with Crippen LogP contribution in [-0.4, -0.2) is 57.9 Å². The van der Waals surface area contributed by atoms with Crippen LogP contribution in [0.2, 0.25) is 0 Å².